The van der Waals surface area contributed by atoms with E-state index in [2.05, 4.69) is 12.2 Å². The van der Waals surface area contributed by atoms with E-state index in [-0.39, 0.29) is 17.4 Å². The monoisotopic (exact) mass is 290 g/mol. The lowest BCUT2D eigenvalue weighted by Crippen LogP contribution is -2.52. The normalized spacial score (nSPS) is 26.9. The molecule has 114 valence electrons. The molecule has 0 aliphatic carbocycles. The molecule has 0 bridgehead atoms. The number of nitrogens with zero attached hydrogens (tertiary/aromatic N) is 1. The number of phenols is 1. The molecule has 5 heteroatoms. The Bertz CT molecular complexity index is 511. The Morgan fingerprint density at radius 2 is 2.00 bits per heavy atom. The van der Waals surface area contributed by atoms with E-state index in [1.165, 1.54) is 0 Å². The van der Waals surface area contributed by atoms with Crippen LogP contribution in [0.1, 0.15) is 25.3 Å². The molecule has 2 saturated heterocycles. The van der Waals surface area contributed by atoms with E-state index in [0.29, 0.717) is 19.1 Å². The van der Waals surface area contributed by atoms with Crippen LogP contribution in [-0.2, 0) is 11.3 Å². The second kappa shape index (κ2) is 5.56. The van der Waals surface area contributed by atoms with Gasteiger partial charge in [0.1, 0.15) is 12.4 Å². The third-order valence-corrected chi connectivity index (χ3v) is 4.82. The molecule has 0 radical (unpaired) electrons. The van der Waals surface area contributed by atoms with Crippen LogP contribution >= 0.6 is 0 Å². The van der Waals surface area contributed by atoms with Crippen LogP contribution in [0.5, 0.6) is 5.75 Å². The molecule has 3 rings (SSSR count). The number of phenolic OH excluding ortho intramolecular Hbond substituents is 1. The van der Waals surface area contributed by atoms with Gasteiger partial charge in [0.25, 0.3) is 0 Å². The predicted octanol–water partition coefficient (Wildman–Crippen LogP) is 2.10. The van der Waals surface area contributed by atoms with Crippen molar-refractivity contribution in [3.63, 3.8) is 0 Å². The summed E-state index contributed by atoms with van der Waals surface area (Å²) >= 11 is 0. The third kappa shape index (κ3) is 2.70. The molecule has 21 heavy (non-hydrogen) atoms. The molecular formula is C16H22N2O3. The van der Waals surface area contributed by atoms with Gasteiger partial charge in [-0.05, 0) is 56.5 Å². The molecule has 2 N–H and O–H groups in total. The molecule has 0 saturated carbocycles. The van der Waals surface area contributed by atoms with E-state index >= 15 is 0 Å². The van der Waals surface area contributed by atoms with Crippen molar-refractivity contribution in [3.05, 3.63) is 29.8 Å². The Kier molecular flexibility index (Phi) is 3.76. The molecule has 5 nitrogen and oxygen atoms in total. The van der Waals surface area contributed by atoms with Gasteiger partial charge >= 0.3 is 6.09 Å². The summed E-state index contributed by atoms with van der Waals surface area (Å²) in [7, 11) is 0. The lowest BCUT2D eigenvalue weighted by atomic mass is 9.79. The molecule has 2 heterocycles. The molecule has 1 aromatic rings. The van der Waals surface area contributed by atoms with Gasteiger partial charge in [0, 0.05) is 6.54 Å². The largest absolute Gasteiger partial charge is 0.508 e. The number of ether oxygens (including phenoxy) is 1. The maximum absolute atomic E-state index is 12.1. The van der Waals surface area contributed by atoms with Gasteiger partial charge in [0.15, 0.2) is 0 Å². The lowest BCUT2D eigenvalue weighted by Gasteiger charge is -2.41. The van der Waals surface area contributed by atoms with E-state index in [0.717, 1.165) is 31.5 Å². The van der Waals surface area contributed by atoms with Crippen molar-refractivity contribution >= 4 is 6.09 Å². The SMILES string of the molecule is CC1(C2CCNCC2)COC(=O)N1Cc1ccc(O)cc1. The number of carbonyl (C=O) groups is 1. The van der Waals surface area contributed by atoms with Crippen LogP contribution in [0.25, 0.3) is 0 Å². The highest BCUT2D eigenvalue weighted by molar-refractivity contribution is 5.71. The van der Waals surface area contributed by atoms with Gasteiger partial charge in [-0.2, -0.15) is 0 Å². The number of carbonyl (C=O) groups excluding carboxylic acids is 1. The van der Waals surface area contributed by atoms with E-state index in [9.17, 15) is 9.90 Å². The minimum atomic E-state index is -0.239. The number of piperidine rings is 1. The summed E-state index contributed by atoms with van der Waals surface area (Å²) in [6, 6.07) is 7.00. The summed E-state index contributed by atoms with van der Waals surface area (Å²) < 4.78 is 5.35. The molecule has 0 spiro atoms. The van der Waals surface area contributed by atoms with Gasteiger partial charge in [-0.15, -0.1) is 0 Å². The van der Waals surface area contributed by atoms with Gasteiger partial charge < -0.3 is 15.2 Å². The van der Waals surface area contributed by atoms with Gasteiger partial charge in [-0.3, -0.25) is 4.90 Å². The Balaban J connectivity index is 1.79. The van der Waals surface area contributed by atoms with Gasteiger partial charge in [0.05, 0.1) is 5.54 Å². The zero-order valence-corrected chi connectivity index (χ0v) is 12.3. The second-order valence-electron chi connectivity index (χ2n) is 6.19. The summed E-state index contributed by atoms with van der Waals surface area (Å²) in [4.78, 5) is 14.0. The maximum Gasteiger partial charge on any atom is 0.410 e. The fourth-order valence-corrected chi connectivity index (χ4v) is 3.38. The molecule has 1 amide bonds. The van der Waals surface area contributed by atoms with Crippen molar-refractivity contribution in [3.8, 4) is 5.75 Å². The van der Waals surface area contributed by atoms with E-state index < -0.39 is 0 Å². The lowest BCUT2D eigenvalue weighted by molar-refractivity contribution is 0.0889. The van der Waals surface area contributed by atoms with Crippen LogP contribution in [0.15, 0.2) is 24.3 Å². The summed E-state index contributed by atoms with van der Waals surface area (Å²) in [6.45, 7) is 5.13. The van der Waals surface area contributed by atoms with Gasteiger partial charge in [0.2, 0.25) is 0 Å². The highest BCUT2D eigenvalue weighted by Crippen LogP contribution is 2.37. The molecule has 2 fully saturated rings. The van der Waals surface area contributed by atoms with E-state index in [1.54, 1.807) is 12.1 Å². The summed E-state index contributed by atoms with van der Waals surface area (Å²) in [5.41, 5.74) is 0.767. The zero-order chi connectivity index (χ0) is 14.9. The zero-order valence-electron chi connectivity index (χ0n) is 12.3. The molecule has 1 atom stereocenters. The minimum absolute atomic E-state index is 0.232. The standard InChI is InChI=1S/C16H22N2O3/c1-16(13-6-8-17-9-7-13)11-21-15(20)18(16)10-12-2-4-14(19)5-3-12/h2-5,13,17,19H,6-11H2,1H3. The number of hydrogen-bond donors (Lipinski definition) is 2. The van der Waals surface area contributed by atoms with Crippen molar-refractivity contribution in [2.45, 2.75) is 31.8 Å². The molecule has 2 aliphatic rings. The van der Waals surface area contributed by atoms with Crippen LogP contribution in [0, 0.1) is 5.92 Å². The average Bonchev–Trinajstić information content (AvgIpc) is 2.80. The number of cyclic esters (lactones) is 1. The number of nitrogens with one attached hydrogen (secondary N) is 1. The Labute approximate surface area is 124 Å². The molecule has 1 aromatic carbocycles. The van der Waals surface area contributed by atoms with Gasteiger partial charge in [-0.25, -0.2) is 4.79 Å². The first-order chi connectivity index (χ1) is 10.1. The van der Waals surface area contributed by atoms with Gasteiger partial charge in [-0.1, -0.05) is 12.1 Å². The first kappa shape index (κ1) is 14.2. The Hall–Kier alpha value is -1.75. The summed E-state index contributed by atoms with van der Waals surface area (Å²) in [5.74, 6) is 0.700. The van der Waals surface area contributed by atoms with Crippen LogP contribution in [0.3, 0.4) is 0 Å². The fourth-order valence-electron chi connectivity index (χ4n) is 3.38. The first-order valence-corrected chi connectivity index (χ1v) is 7.52. The molecule has 0 aromatic heterocycles. The van der Waals surface area contributed by atoms with Crippen LogP contribution in [-0.4, -0.2) is 41.3 Å². The number of benzene rings is 1. The second-order valence-corrected chi connectivity index (χ2v) is 6.19. The number of amides is 1. The van der Waals surface area contributed by atoms with Crippen LogP contribution in [0.2, 0.25) is 0 Å². The van der Waals surface area contributed by atoms with E-state index in [4.69, 9.17) is 4.74 Å². The summed E-state index contributed by atoms with van der Waals surface area (Å²) in [6.07, 6.45) is 1.91. The van der Waals surface area contributed by atoms with Crippen LogP contribution < -0.4 is 5.32 Å². The van der Waals surface area contributed by atoms with Crippen molar-refractivity contribution in [1.82, 2.24) is 10.2 Å². The number of rotatable bonds is 3. The predicted molar refractivity (Wildman–Crippen MR) is 79.0 cm³/mol. The highest BCUT2D eigenvalue weighted by Gasteiger charge is 2.48. The van der Waals surface area contributed by atoms with E-state index in [1.807, 2.05) is 17.0 Å². The van der Waals surface area contributed by atoms with Crippen LogP contribution in [0.4, 0.5) is 4.79 Å². The minimum Gasteiger partial charge on any atom is -0.508 e. The molecule has 2 aliphatic heterocycles. The Morgan fingerprint density at radius 1 is 1.33 bits per heavy atom. The fraction of sp³-hybridized carbons (Fsp3) is 0.562. The van der Waals surface area contributed by atoms with Crippen molar-refractivity contribution in [2.75, 3.05) is 19.7 Å². The highest BCUT2D eigenvalue weighted by atomic mass is 16.6. The first-order valence-electron chi connectivity index (χ1n) is 7.52. The maximum atomic E-state index is 12.1. The molecular weight excluding hydrogens is 268 g/mol. The quantitative estimate of drug-likeness (QED) is 0.895. The third-order valence-electron chi connectivity index (χ3n) is 4.82. The van der Waals surface area contributed by atoms with Crippen molar-refractivity contribution in [2.24, 2.45) is 5.92 Å². The smallest absolute Gasteiger partial charge is 0.410 e. The summed E-state index contributed by atoms with van der Waals surface area (Å²) in [5, 5.41) is 12.7. The van der Waals surface area contributed by atoms with Crippen molar-refractivity contribution in [1.29, 1.82) is 0 Å². The van der Waals surface area contributed by atoms with Crippen molar-refractivity contribution < 1.29 is 14.6 Å². The Morgan fingerprint density at radius 3 is 2.67 bits per heavy atom. The average molecular weight is 290 g/mol. The number of hydrogen-bond acceptors (Lipinski definition) is 4. The topological polar surface area (TPSA) is 61.8 Å². The number of aromatic hydroxyl groups is 1. The molecule has 1 unspecified atom stereocenters.